The number of para-hydroxylation sites is 2. The number of nitrogens with one attached hydrogen (secondary N) is 2. The summed E-state index contributed by atoms with van der Waals surface area (Å²) in [6.45, 7) is 1.80. The number of aromatic nitrogens is 4. The SMILES string of the molecule is Cc1nn(-c2nc3ccccc3[nH]2)c2c1C(c1ccc(F)cc1F)CC(=O)N2. The number of imidazole rings is 1. The molecule has 8 heteroatoms. The molecule has 0 spiro atoms. The number of nitrogens with zero attached hydrogens (tertiary/aromatic N) is 3. The van der Waals surface area contributed by atoms with Gasteiger partial charge in [-0.3, -0.25) is 4.79 Å². The number of fused-ring (bicyclic) bond motifs is 2. The molecule has 2 aromatic heterocycles. The van der Waals surface area contributed by atoms with Gasteiger partial charge in [-0.1, -0.05) is 18.2 Å². The number of hydrogen-bond acceptors (Lipinski definition) is 3. The van der Waals surface area contributed by atoms with Crippen LogP contribution in [0.15, 0.2) is 42.5 Å². The summed E-state index contributed by atoms with van der Waals surface area (Å²) in [4.78, 5) is 20.1. The Hall–Kier alpha value is -3.55. The van der Waals surface area contributed by atoms with Crippen LogP contribution in [0.4, 0.5) is 14.6 Å². The topological polar surface area (TPSA) is 75.6 Å². The molecule has 28 heavy (non-hydrogen) atoms. The lowest BCUT2D eigenvalue weighted by Crippen LogP contribution is -2.25. The lowest BCUT2D eigenvalue weighted by Gasteiger charge is -2.24. The molecule has 0 bridgehead atoms. The summed E-state index contributed by atoms with van der Waals surface area (Å²) in [5.74, 6) is -1.26. The number of carbonyl (C=O) groups excluding carboxylic acids is 1. The van der Waals surface area contributed by atoms with Crippen LogP contribution < -0.4 is 5.32 Å². The van der Waals surface area contributed by atoms with Gasteiger partial charge in [-0.05, 0) is 30.7 Å². The number of rotatable bonds is 2. The monoisotopic (exact) mass is 379 g/mol. The summed E-state index contributed by atoms with van der Waals surface area (Å²) in [5, 5.41) is 7.35. The fraction of sp³-hybridized carbons (Fsp3) is 0.150. The normalized spacial score (nSPS) is 16.2. The first-order chi connectivity index (χ1) is 13.5. The van der Waals surface area contributed by atoms with Crippen LogP contribution in [0.3, 0.4) is 0 Å². The molecule has 1 atom stereocenters. The third kappa shape index (κ3) is 2.49. The van der Waals surface area contributed by atoms with Crippen LogP contribution in [0.2, 0.25) is 0 Å². The molecule has 0 aliphatic carbocycles. The van der Waals surface area contributed by atoms with Gasteiger partial charge < -0.3 is 10.3 Å². The number of aryl methyl sites for hydroxylation is 1. The number of hydrogen-bond donors (Lipinski definition) is 2. The van der Waals surface area contributed by atoms with Gasteiger partial charge in [0, 0.05) is 24.0 Å². The van der Waals surface area contributed by atoms with Gasteiger partial charge in [0.2, 0.25) is 11.9 Å². The third-order valence-corrected chi connectivity index (χ3v) is 5.02. The Kier molecular flexibility index (Phi) is 3.55. The van der Waals surface area contributed by atoms with E-state index >= 15 is 0 Å². The molecule has 3 heterocycles. The number of carbonyl (C=O) groups is 1. The van der Waals surface area contributed by atoms with Gasteiger partial charge in [0.25, 0.3) is 0 Å². The maximum atomic E-state index is 14.4. The molecule has 5 rings (SSSR count). The minimum atomic E-state index is -0.679. The van der Waals surface area contributed by atoms with E-state index in [1.165, 1.54) is 16.8 Å². The van der Waals surface area contributed by atoms with E-state index in [-0.39, 0.29) is 17.9 Å². The molecule has 2 aromatic carbocycles. The van der Waals surface area contributed by atoms with E-state index in [9.17, 15) is 13.6 Å². The lowest BCUT2D eigenvalue weighted by atomic mass is 9.85. The second kappa shape index (κ2) is 5.98. The van der Waals surface area contributed by atoms with Crippen molar-refractivity contribution in [1.82, 2.24) is 19.7 Å². The fourth-order valence-corrected chi connectivity index (χ4v) is 3.79. The molecule has 0 fully saturated rings. The highest BCUT2D eigenvalue weighted by atomic mass is 19.1. The Balaban J connectivity index is 1.69. The fourth-order valence-electron chi connectivity index (χ4n) is 3.79. The van der Waals surface area contributed by atoms with Crippen molar-refractivity contribution in [3.05, 3.63) is 70.9 Å². The van der Waals surface area contributed by atoms with Gasteiger partial charge in [0.05, 0.1) is 16.7 Å². The molecule has 1 aliphatic rings. The smallest absolute Gasteiger partial charge is 0.231 e. The quantitative estimate of drug-likeness (QED) is 0.556. The number of benzene rings is 2. The van der Waals surface area contributed by atoms with E-state index in [4.69, 9.17) is 0 Å². The summed E-state index contributed by atoms with van der Waals surface area (Å²) in [5.41, 5.74) is 3.21. The predicted octanol–water partition coefficient (Wildman–Crippen LogP) is 3.81. The average molecular weight is 379 g/mol. The molecule has 6 nitrogen and oxygen atoms in total. The van der Waals surface area contributed by atoms with Gasteiger partial charge in [0.15, 0.2) is 0 Å². The first-order valence-corrected chi connectivity index (χ1v) is 8.80. The van der Waals surface area contributed by atoms with Crippen molar-refractivity contribution in [2.75, 3.05) is 5.32 Å². The van der Waals surface area contributed by atoms with Crippen LogP contribution in [0, 0.1) is 18.6 Å². The highest BCUT2D eigenvalue weighted by Crippen LogP contribution is 2.40. The van der Waals surface area contributed by atoms with Gasteiger partial charge in [-0.2, -0.15) is 9.78 Å². The Morgan fingerprint density at radius 1 is 1.18 bits per heavy atom. The van der Waals surface area contributed by atoms with E-state index in [0.29, 0.717) is 23.0 Å². The molecular weight excluding hydrogens is 364 g/mol. The molecule has 0 saturated carbocycles. The highest BCUT2D eigenvalue weighted by Gasteiger charge is 2.34. The first kappa shape index (κ1) is 16.6. The van der Waals surface area contributed by atoms with Crippen molar-refractivity contribution in [2.45, 2.75) is 19.3 Å². The standard InChI is InChI=1S/C20H15F2N5O/c1-10-18-13(12-7-6-11(21)8-14(12)22)9-17(28)25-19(18)27(26-10)20-23-15-4-2-3-5-16(15)24-20/h2-8,13H,9H2,1H3,(H,23,24)(H,25,28). The largest absolute Gasteiger partial charge is 0.322 e. The van der Waals surface area contributed by atoms with Crippen molar-refractivity contribution in [1.29, 1.82) is 0 Å². The molecule has 0 saturated heterocycles. The number of H-pyrrole nitrogens is 1. The Bertz CT molecular complexity index is 1210. The second-order valence-corrected chi connectivity index (χ2v) is 6.81. The van der Waals surface area contributed by atoms with Crippen LogP contribution in [0.25, 0.3) is 17.0 Å². The van der Waals surface area contributed by atoms with E-state index in [1.807, 2.05) is 24.3 Å². The van der Waals surface area contributed by atoms with Crippen LogP contribution in [-0.2, 0) is 4.79 Å². The number of halogens is 2. The molecule has 0 radical (unpaired) electrons. The van der Waals surface area contributed by atoms with Crippen molar-refractivity contribution in [3.63, 3.8) is 0 Å². The second-order valence-electron chi connectivity index (χ2n) is 6.81. The molecule has 2 N–H and O–H groups in total. The summed E-state index contributed by atoms with van der Waals surface area (Å²) < 4.78 is 29.3. The summed E-state index contributed by atoms with van der Waals surface area (Å²) in [6.07, 6.45) is 0.0578. The summed E-state index contributed by atoms with van der Waals surface area (Å²) >= 11 is 0. The van der Waals surface area contributed by atoms with Crippen LogP contribution in [-0.4, -0.2) is 25.7 Å². The molecule has 4 aromatic rings. The first-order valence-electron chi connectivity index (χ1n) is 8.80. The minimum Gasteiger partial charge on any atom is -0.322 e. The predicted molar refractivity (Wildman–Crippen MR) is 99.4 cm³/mol. The maximum absolute atomic E-state index is 14.4. The Morgan fingerprint density at radius 2 is 2.00 bits per heavy atom. The minimum absolute atomic E-state index is 0.0578. The van der Waals surface area contributed by atoms with Crippen molar-refractivity contribution < 1.29 is 13.6 Å². The molecule has 140 valence electrons. The highest BCUT2D eigenvalue weighted by molar-refractivity contribution is 5.95. The van der Waals surface area contributed by atoms with E-state index in [0.717, 1.165) is 17.1 Å². The van der Waals surface area contributed by atoms with Crippen molar-refractivity contribution in [3.8, 4) is 5.95 Å². The van der Waals surface area contributed by atoms with Gasteiger partial charge >= 0.3 is 0 Å². The Labute approximate surface area is 158 Å². The van der Waals surface area contributed by atoms with E-state index in [2.05, 4.69) is 20.4 Å². The van der Waals surface area contributed by atoms with Gasteiger partial charge in [-0.15, -0.1) is 0 Å². The van der Waals surface area contributed by atoms with E-state index < -0.39 is 17.6 Å². The maximum Gasteiger partial charge on any atom is 0.231 e. The van der Waals surface area contributed by atoms with Crippen molar-refractivity contribution >= 4 is 22.8 Å². The van der Waals surface area contributed by atoms with Gasteiger partial charge in [-0.25, -0.2) is 13.8 Å². The third-order valence-electron chi connectivity index (χ3n) is 5.02. The van der Waals surface area contributed by atoms with E-state index in [1.54, 1.807) is 6.92 Å². The number of amides is 1. The summed E-state index contributed by atoms with van der Waals surface area (Å²) in [7, 11) is 0. The lowest BCUT2D eigenvalue weighted by molar-refractivity contribution is -0.116. The average Bonchev–Trinajstić information content (AvgIpc) is 3.22. The zero-order valence-electron chi connectivity index (χ0n) is 14.8. The van der Waals surface area contributed by atoms with Crippen LogP contribution in [0.5, 0.6) is 0 Å². The van der Waals surface area contributed by atoms with Crippen LogP contribution in [0.1, 0.15) is 29.2 Å². The number of aromatic amines is 1. The zero-order chi connectivity index (χ0) is 19.4. The van der Waals surface area contributed by atoms with Gasteiger partial charge in [0.1, 0.15) is 17.5 Å². The molecule has 1 unspecified atom stereocenters. The van der Waals surface area contributed by atoms with Crippen LogP contribution >= 0.6 is 0 Å². The molecular formula is C20H15F2N5O. The molecule has 1 aliphatic heterocycles. The molecule has 1 amide bonds. The van der Waals surface area contributed by atoms with Crippen molar-refractivity contribution in [2.24, 2.45) is 0 Å². The number of anilines is 1. The zero-order valence-corrected chi connectivity index (χ0v) is 14.8. The summed E-state index contributed by atoms with van der Waals surface area (Å²) in [6, 6.07) is 11.0. The Morgan fingerprint density at radius 3 is 2.79 bits per heavy atom.